The van der Waals surface area contributed by atoms with Gasteiger partial charge in [0, 0.05) is 17.5 Å². The molecule has 0 unspecified atom stereocenters. The number of nitrogens with one attached hydrogen (secondary N) is 1. The van der Waals surface area contributed by atoms with Gasteiger partial charge in [0.1, 0.15) is 5.75 Å². The molecule has 7 nitrogen and oxygen atoms in total. The molecule has 0 fully saturated rings. The number of thiazole rings is 2. The second-order valence-corrected chi connectivity index (χ2v) is 9.77. The number of carbonyl (C=O) groups excluding carboxylic acids is 2. The third kappa shape index (κ3) is 5.70. The molecule has 0 aliphatic heterocycles. The highest BCUT2D eigenvalue weighted by Gasteiger charge is 2.11. The van der Waals surface area contributed by atoms with Crippen LogP contribution in [-0.4, -0.2) is 40.0 Å². The topological polar surface area (TPSA) is 85.6 Å². The summed E-state index contributed by atoms with van der Waals surface area (Å²) >= 11 is 4.06. The van der Waals surface area contributed by atoms with E-state index in [0.29, 0.717) is 16.5 Å². The maximum absolute atomic E-state index is 12.4. The number of anilines is 1. The Balaban J connectivity index is 1.33. The number of rotatable bonds is 8. The molecule has 0 atom stereocenters. The van der Waals surface area contributed by atoms with Crippen molar-refractivity contribution in [2.24, 2.45) is 4.99 Å². The smallest absolute Gasteiger partial charge is 0.258 e. The Kier molecular flexibility index (Phi) is 7.58. The summed E-state index contributed by atoms with van der Waals surface area (Å²) in [6.45, 7) is 2.72. The molecule has 33 heavy (non-hydrogen) atoms. The normalized spacial score (nSPS) is 11.6. The van der Waals surface area contributed by atoms with E-state index >= 15 is 0 Å². The molecule has 1 N–H and O–H groups in total. The van der Waals surface area contributed by atoms with Gasteiger partial charge in [-0.3, -0.25) is 9.59 Å². The molecule has 4 aromatic rings. The monoisotopic (exact) mass is 498 g/mol. The summed E-state index contributed by atoms with van der Waals surface area (Å²) in [5, 5.41) is 5.24. The summed E-state index contributed by atoms with van der Waals surface area (Å²) in [6, 6.07) is 15.6. The average molecular weight is 499 g/mol. The van der Waals surface area contributed by atoms with Crippen LogP contribution in [0.3, 0.4) is 0 Å². The molecule has 2 aromatic heterocycles. The summed E-state index contributed by atoms with van der Waals surface area (Å²) in [5.41, 5.74) is 2.84. The number of benzene rings is 2. The summed E-state index contributed by atoms with van der Waals surface area (Å²) < 4.78 is 8.29. The van der Waals surface area contributed by atoms with Crippen molar-refractivity contribution in [2.75, 3.05) is 23.9 Å². The van der Waals surface area contributed by atoms with Crippen molar-refractivity contribution < 1.29 is 14.3 Å². The van der Waals surface area contributed by atoms with Gasteiger partial charge in [-0.05, 0) is 25.1 Å². The van der Waals surface area contributed by atoms with Crippen LogP contribution in [0.2, 0.25) is 0 Å². The molecule has 170 valence electrons. The minimum atomic E-state index is -0.269. The minimum Gasteiger partial charge on any atom is -0.497 e. The minimum absolute atomic E-state index is 0.127. The molecular weight excluding hydrogens is 476 g/mol. The molecule has 0 aliphatic carbocycles. The van der Waals surface area contributed by atoms with Crippen LogP contribution in [0.5, 0.6) is 5.75 Å². The molecule has 2 heterocycles. The van der Waals surface area contributed by atoms with Gasteiger partial charge in [-0.15, -0.1) is 23.1 Å². The van der Waals surface area contributed by atoms with Crippen molar-refractivity contribution >= 4 is 61.6 Å². The van der Waals surface area contributed by atoms with E-state index in [9.17, 15) is 9.59 Å². The van der Waals surface area contributed by atoms with Gasteiger partial charge in [0.05, 0.1) is 34.5 Å². The Bertz CT molecular complexity index is 1340. The largest absolute Gasteiger partial charge is 0.497 e. The number of amides is 2. The van der Waals surface area contributed by atoms with Crippen LogP contribution in [0.25, 0.3) is 21.5 Å². The quantitative estimate of drug-likeness (QED) is 0.382. The zero-order valence-corrected chi connectivity index (χ0v) is 20.6. The van der Waals surface area contributed by atoms with E-state index in [1.54, 1.807) is 7.11 Å². The predicted molar refractivity (Wildman–Crippen MR) is 136 cm³/mol. The number of aryl methyl sites for hydroxylation is 1. The number of hydrogen-bond donors (Lipinski definition) is 1. The molecule has 0 aliphatic rings. The number of methoxy groups -OCH3 is 1. The average Bonchev–Trinajstić information content (AvgIpc) is 3.42. The van der Waals surface area contributed by atoms with E-state index in [2.05, 4.69) is 15.3 Å². The van der Waals surface area contributed by atoms with Gasteiger partial charge >= 0.3 is 0 Å². The van der Waals surface area contributed by atoms with Crippen molar-refractivity contribution in [1.29, 1.82) is 0 Å². The first kappa shape index (κ1) is 23.2. The van der Waals surface area contributed by atoms with Crippen LogP contribution in [0.1, 0.15) is 6.92 Å². The lowest BCUT2D eigenvalue weighted by Gasteiger charge is -2.02. The van der Waals surface area contributed by atoms with Crippen molar-refractivity contribution in [1.82, 2.24) is 9.55 Å². The van der Waals surface area contributed by atoms with Crippen LogP contribution < -0.4 is 14.9 Å². The Morgan fingerprint density at radius 2 is 2.00 bits per heavy atom. The van der Waals surface area contributed by atoms with Crippen molar-refractivity contribution in [3.05, 3.63) is 58.7 Å². The fourth-order valence-corrected chi connectivity index (χ4v) is 5.64. The van der Waals surface area contributed by atoms with Crippen molar-refractivity contribution in [3.8, 4) is 17.0 Å². The zero-order valence-electron chi connectivity index (χ0n) is 18.1. The van der Waals surface area contributed by atoms with Gasteiger partial charge in [0.15, 0.2) is 9.93 Å². The Labute approximate surface area is 203 Å². The molecule has 0 saturated heterocycles. The van der Waals surface area contributed by atoms with Gasteiger partial charge in [0.2, 0.25) is 5.91 Å². The standard InChI is InChI=1S/C23H22N4O3S3/c1-3-27-18-10-9-16(30-2)11-19(18)33-23(27)26-21(29)14-31-13-20(28)25-22-24-17(12-32-22)15-7-5-4-6-8-15/h4-12H,3,13-14H2,1-2H3,(H,24,25,28). The van der Waals surface area contributed by atoms with E-state index in [1.807, 2.05) is 65.4 Å². The Morgan fingerprint density at radius 3 is 2.76 bits per heavy atom. The number of ether oxygens (including phenoxy) is 1. The summed E-state index contributed by atoms with van der Waals surface area (Å²) in [5.74, 6) is 0.580. The summed E-state index contributed by atoms with van der Waals surface area (Å²) in [4.78, 5) is 34.1. The van der Waals surface area contributed by atoms with Crippen molar-refractivity contribution in [3.63, 3.8) is 0 Å². The number of fused-ring (bicyclic) bond motifs is 1. The first-order valence-corrected chi connectivity index (χ1v) is 13.1. The van der Waals surface area contributed by atoms with E-state index < -0.39 is 0 Å². The highest BCUT2D eigenvalue weighted by Crippen LogP contribution is 2.25. The lowest BCUT2D eigenvalue weighted by Crippen LogP contribution is -2.18. The molecular formula is C23H22N4O3S3. The van der Waals surface area contributed by atoms with Gasteiger partial charge in [-0.1, -0.05) is 41.7 Å². The molecule has 2 aromatic carbocycles. The maximum Gasteiger partial charge on any atom is 0.258 e. The third-order valence-corrected chi connectivity index (χ3v) is 7.42. The first-order chi connectivity index (χ1) is 16.1. The molecule has 2 amide bonds. The predicted octanol–water partition coefficient (Wildman–Crippen LogP) is 4.65. The molecule has 0 saturated carbocycles. The lowest BCUT2D eigenvalue weighted by molar-refractivity contribution is -0.115. The van der Waals surface area contributed by atoms with Crippen LogP contribution >= 0.6 is 34.4 Å². The Morgan fingerprint density at radius 1 is 1.18 bits per heavy atom. The number of nitrogens with zero attached hydrogens (tertiary/aromatic N) is 3. The molecule has 10 heteroatoms. The summed E-state index contributed by atoms with van der Waals surface area (Å²) in [6.07, 6.45) is 0. The Hall–Kier alpha value is -2.95. The molecule has 0 bridgehead atoms. The summed E-state index contributed by atoms with van der Waals surface area (Å²) in [7, 11) is 1.63. The molecule has 0 radical (unpaired) electrons. The van der Waals surface area contributed by atoms with Crippen molar-refractivity contribution in [2.45, 2.75) is 13.5 Å². The van der Waals surface area contributed by atoms with E-state index in [1.165, 1.54) is 34.4 Å². The molecule has 0 spiro atoms. The van der Waals surface area contributed by atoms with Crippen LogP contribution in [0, 0.1) is 0 Å². The number of aromatic nitrogens is 2. The highest BCUT2D eigenvalue weighted by molar-refractivity contribution is 8.00. The van der Waals surface area contributed by atoms with Gasteiger partial charge in [-0.25, -0.2) is 4.98 Å². The number of hydrogen-bond acceptors (Lipinski definition) is 7. The first-order valence-electron chi connectivity index (χ1n) is 10.2. The van der Waals surface area contributed by atoms with Gasteiger partial charge in [0.25, 0.3) is 5.91 Å². The SMILES string of the molecule is CCn1c(=NC(=O)CSCC(=O)Nc2nc(-c3ccccc3)cs2)sc2cc(OC)ccc21. The lowest BCUT2D eigenvalue weighted by atomic mass is 10.2. The molecule has 4 rings (SSSR count). The van der Waals surface area contributed by atoms with Gasteiger partial charge < -0.3 is 14.6 Å². The van der Waals surface area contributed by atoms with E-state index in [4.69, 9.17) is 4.74 Å². The third-order valence-electron chi connectivity index (χ3n) is 4.71. The van der Waals surface area contributed by atoms with Gasteiger partial charge in [-0.2, -0.15) is 4.99 Å². The fourth-order valence-electron chi connectivity index (χ4n) is 3.17. The zero-order chi connectivity index (χ0) is 23.2. The van der Waals surface area contributed by atoms with E-state index in [0.717, 1.165) is 27.2 Å². The van der Waals surface area contributed by atoms with Crippen LogP contribution in [0.15, 0.2) is 58.9 Å². The van der Waals surface area contributed by atoms with Crippen LogP contribution in [0.4, 0.5) is 5.13 Å². The maximum atomic E-state index is 12.4. The number of carbonyl (C=O) groups is 2. The second kappa shape index (κ2) is 10.8. The number of thioether (sulfide) groups is 1. The second-order valence-electron chi connectivity index (χ2n) is 6.91. The highest BCUT2D eigenvalue weighted by atomic mass is 32.2. The fraction of sp³-hybridized carbons (Fsp3) is 0.217. The van der Waals surface area contributed by atoms with Crippen LogP contribution in [-0.2, 0) is 16.1 Å². The van der Waals surface area contributed by atoms with E-state index in [-0.39, 0.29) is 23.3 Å².